The highest BCUT2D eigenvalue weighted by molar-refractivity contribution is 4.43. The zero-order valence-corrected chi connectivity index (χ0v) is 12.0. The molecule has 0 aliphatic rings. The summed E-state index contributed by atoms with van der Waals surface area (Å²) in [6.07, 6.45) is 0. The van der Waals surface area contributed by atoms with Gasteiger partial charge in [-0.15, -0.1) is 0 Å². The van der Waals surface area contributed by atoms with Gasteiger partial charge < -0.3 is 15.5 Å². The summed E-state index contributed by atoms with van der Waals surface area (Å²) in [5, 5.41) is 5.86. The molecule has 0 spiro atoms. The maximum absolute atomic E-state index is 3.11. The van der Waals surface area contributed by atoms with Crippen molar-refractivity contribution in [1.29, 1.82) is 0 Å². The molecule has 0 aromatic heterocycles. The second-order valence-electron chi connectivity index (χ2n) is 3.08. The fraction of sp³-hybridized carbons (Fsp3) is 1.00. The van der Waals surface area contributed by atoms with E-state index in [4.69, 9.17) is 0 Å². The summed E-state index contributed by atoms with van der Waals surface area (Å²) in [7, 11) is 3.75. The predicted octanol–water partition coefficient (Wildman–Crippen LogP) is 1.80. The second kappa shape index (κ2) is 23.6. The fourth-order valence-electron chi connectivity index (χ4n) is 0.921. The number of rotatable bonds is 5. The molecule has 15 heavy (non-hydrogen) atoms. The monoisotopic (exact) mass is 219 g/mol. The van der Waals surface area contributed by atoms with Crippen molar-refractivity contribution in [3.63, 3.8) is 0 Å². The molecule has 0 unspecified atom stereocenters. The molecule has 0 radical (unpaired) electrons. The first kappa shape index (κ1) is 20.3. The number of nitrogens with zero attached hydrogens (tertiary/aromatic N) is 1. The molecular weight excluding hydrogens is 186 g/mol. The highest BCUT2D eigenvalue weighted by Gasteiger charge is 1.89. The van der Waals surface area contributed by atoms with Gasteiger partial charge in [0.25, 0.3) is 0 Å². The molecule has 96 valence electrons. The molecule has 0 amide bonds. The summed E-state index contributed by atoms with van der Waals surface area (Å²) < 4.78 is 0. The van der Waals surface area contributed by atoms with Gasteiger partial charge in [0.2, 0.25) is 0 Å². The Balaban J connectivity index is -0.000000158. The summed E-state index contributed by atoms with van der Waals surface area (Å²) in [4.78, 5) is 2.38. The molecule has 3 heteroatoms. The molecule has 3 nitrogen and oxygen atoms in total. The molecule has 0 aromatic rings. The Kier molecular flexibility index (Phi) is 31.9. The maximum atomic E-state index is 3.11. The highest BCUT2D eigenvalue weighted by atomic mass is 15.1. The molecule has 0 aliphatic heterocycles. The topological polar surface area (TPSA) is 27.3 Å². The molecule has 0 rings (SSSR count). The standard InChI is InChI=1S/C6H15N.C4H11N.C2H7N/c1-4-7(5-2)6-3;1-3-5-4-2;1-3-2/h4-6H2,1-3H3;5H,3-4H2,1-2H3;3H,1-2H3. The molecule has 0 aliphatic carbocycles. The van der Waals surface area contributed by atoms with Crippen LogP contribution in [0.2, 0.25) is 0 Å². The highest BCUT2D eigenvalue weighted by Crippen LogP contribution is 1.81. The van der Waals surface area contributed by atoms with E-state index in [1.54, 1.807) is 0 Å². The molecule has 0 atom stereocenters. The first-order chi connectivity index (χ1) is 7.17. The molecule has 0 fully saturated rings. The van der Waals surface area contributed by atoms with Crippen molar-refractivity contribution in [2.45, 2.75) is 34.6 Å². The normalized spacial score (nSPS) is 8.80. The maximum Gasteiger partial charge on any atom is -0.00474 e. The third-order valence-electron chi connectivity index (χ3n) is 1.84. The number of hydrogen-bond acceptors (Lipinski definition) is 3. The predicted molar refractivity (Wildman–Crippen MR) is 72.7 cm³/mol. The third kappa shape index (κ3) is 31.5. The van der Waals surface area contributed by atoms with E-state index in [1.807, 2.05) is 14.1 Å². The second-order valence-corrected chi connectivity index (χ2v) is 3.08. The van der Waals surface area contributed by atoms with Crippen molar-refractivity contribution in [3.05, 3.63) is 0 Å². The Morgan fingerprint density at radius 3 is 1.00 bits per heavy atom. The first-order valence-electron chi connectivity index (χ1n) is 6.19. The van der Waals surface area contributed by atoms with Gasteiger partial charge in [0.1, 0.15) is 0 Å². The van der Waals surface area contributed by atoms with E-state index in [0.717, 1.165) is 13.1 Å². The van der Waals surface area contributed by atoms with Gasteiger partial charge in [0, 0.05) is 0 Å². The largest absolute Gasteiger partial charge is 0.323 e. The summed E-state index contributed by atoms with van der Waals surface area (Å²) in [5.74, 6) is 0. The smallest absolute Gasteiger partial charge is 0.00474 e. The van der Waals surface area contributed by atoms with Crippen molar-refractivity contribution in [2.75, 3.05) is 46.8 Å². The van der Waals surface area contributed by atoms with Crippen LogP contribution in [0.4, 0.5) is 0 Å². The number of nitrogens with one attached hydrogen (secondary N) is 2. The molecule has 0 heterocycles. The van der Waals surface area contributed by atoms with E-state index in [1.165, 1.54) is 19.6 Å². The molecule has 0 saturated carbocycles. The summed E-state index contributed by atoms with van der Waals surface area (Å²) in [5.41, 5.74) is 0. The van der Waals surface area contributed by atoms with Gasteiger partial charge in [-0.1, -0.05) is 34.6 Å². The van der Waals surface area contributed by atoms with Crippen LogP contribution in [0.3, 0.4) is 0 Å². The van der Waals surface area contributed by atoms with Crippen LogP contribution >= 0.6 is 0 Å². The Hall–Kier alpha value is -0.120. The summed E-state index contributed by atoms with van der Waals surface area (Å²) >= 11 is 0. The fourth-order valence-corrected chi connectivity index (χ4v) is 0.921. The van der Waals surface area contributed by atoms with Gasteiger partial charge in [-0.25, -0.2) is 0 Å². The Morgan fingerprint density at radius 2 is 1.00 bits per heavy atom. The van der Waals surface area contributed by atoms with E-state index >= 15 is 0 Å². The lowest BCUT2D eigenvalue weighted by molar-refractivity contribution is 0.321. The minimum absolute atomic E-state index is 1.09. The van der Waals surface area contributed by atoms with Crippen LogP contribution in [0.5, 0.6) is 0 Å². The van der Waals surface area contributed by atoms with Gasteiger partial charge in [-0.05, 0) is 46.8 Å². The van der Waals surface area contributed by atoms with Crippen LogP contribution in [0.25, 0.3) is 0 Å². The quantitative estimate of drug-likeness (QED) is 0.738. The lowest BCUT2D eigenvalue weighted by Crippen LogP contribution is -2.21. The van der Waals surface area contributed by atoms with Gasteiger partial charge in [-0.3, -0.25) is 0 Å². The van der Waals surface area contributed by atoms with Crippen molar-refractivity contribution in [3.8, 4) is 0 Å². The summed E-state index contributed by atoms with van der Waals surface area (Å²) in [6.45, 7) is 16.5. The molecule has 0 saturated heterocycles. The lowest BCUT2D eigenvalue weighted by Gasteiger charge is -2.13. The molecule has 2 N–H and O–H groups in total. The van der Waals surface area contributed by atoms with Gasteiger partial charge in [0.15, 0.2) is 0 Å². The first-order valence-corrected chi connectivity index (χ1v) is 6.19. The van der Waals surface area contributed by atoms with Crippen molar-refractivity contribution >= 4 is 0 Å². The zero-order valence-electron chi connectivity index (χ0n) is 12.0. The van der Waals surface area contributed by atoms with Crippen molar-refractivity contribution < 1.29 is 0 Å². The lowest BCUT2D eigenvalue weighted by atomic mass is 10.5. The Labute approximate surface area is 97.6 Å². The van der Waals surface area contributed by atoms with E-state index in [9.17, 15) is 0 Å². The van der Waals surface area contributed by atoms with Crippen LogP contribution in [-0.4, -0.2) is 51.7 Å². The van der Waals surface area contributed by atoms with Crippen LogP contribution in [0, 0.1) is 0 Å². The molecular formula is C12H33N3. The van der Waals surface area contributed by atoms with Crippen molar-refractivity contribution in [2.24, 2.45) is 0 Å². The van der Waals surface area contributed by atoms with Crippen molar-refractivity contribution in [1.82, 2.24) is 15.5 Å². The van der Waals surface area contributed by atoms with E-state index in [2.05, 4.69) is 50.2 Å². The Morgan fingerprint density at radius 1 is 0.733 bits per heavy atom. The third-order valence-corrected chi connectivity index (χ3v) is 1.84. The SMILES string of the molecule is CCN(CC)CC.CCNCC.CNC. The average molecular weight is 219 g/mol. The zero-order chi connectivity index (χ0) is 12.5. The van der Waals surface area contributed by atoms with Crippen LogP contribution < -0.4 is 10.6 Å². The molecule has 0 bridgehead atoms. The van der Waals surface area contributed by atoms with Gasteiger partial charge >= 0.3 is 0 Å². The summed E-state index contributed by atoms with van der Waals surface area (Å²) in [6, 6.07) is 0. The van der Waals surface area contributed by atoms with E-state index in [-0.39, 0.29) is 0 Å². The minimum atomic E-state index is 1.09. The van der Waals surface area contributed by atoms with Crippen LogP contribution in [-0.2, 0) is 0 Å². The van der Waals surface area contributed by atoms with Gasteiger partial charge in [0.05, 0.1) is 0 Å². The van der Waals surface area contributed by atoms with Crippen LogP contribution in [0.1, 0.15) is 34.6 Å². The van der Waals surface area contributed by atoms with Crippen LogP contribution in [0.15, 0.2) is 0 Å². The van der Waals surface area contributed by atoms with E-state index in [0.29, 0.717) is 0 Å². The minimum Gasteiger partial charge on any atom is -0.323 e. The Bertz CT molecular complexity index is 65.8. The molecule has 0 aromatic carbocycles. The average Bonchev–Trinajstić information content (AvgIpc) is 2.24. The number of hydrogen-bond donors (Lipinski definition) is 2. The van der Waals surface area contributed by atoms with E-state index < -0.39 is 0 Å². The van der Waals surface area contributed by atoms with Gasteiger partial charge in [-0.2, -0.15) is 0 Å².